The summed E-state index contributed by atoms with van der Waals surface area (Å²) in [6, 6.07) is 19.6. The van der Waals surface area contributed by atoms with Crippen molar-refractivity contribution in [3.8, 4) is 0 Å². The summed E-state index contributed by atoms with van der Waals surface area (Å²) in [5.41, 5.74) is 9.96. The molecule has 2 nitrogen and oxygen atoms in total. The summed E-state index contributed by atoms with van der Waals surface area (Å²) in [6.07, 6.45) is 1.000. The maximum absolute atomic E-state index is 5.96. The van der Waals surface area contributed by atoms with E-state index in [9.17, 15) is 0 Å². The zero-order chi connectivity index (χ0) is 14.4. The van der Waals surface area contributed by atoms with E-state index in [4.69, 9.17) is 5.73 Å². The number of likely N-dealkylation sites (N-methyl/N-ethyl adjacent to an activating group) is 1. The molecular weight excluding hydrogens is 244 g/mol. The second-order valence-electron chi connectivity index (χ2n) is 5.48. The van der Waals surface area contributed by atoms with Gasteiger partial charge in [0.1, 0.15) is 0 Å². The van der Waals surface area contributed by atoms with Crippen molar-refractivity contribution in [2.45, 2.75) is 25.9 Å². The van der Waals surface area contributed by atoms with E-state index in [0.717, 1.165) is 13.0 Å². The van der Waals surface area contributed by atoms with Crippen LogP contribution in [0.25, 0.3) is 0 Å². The summed E-state index contributed by atoms with van der Waals surface area (Å²) in [5.74, 6) is 0. The Morgan fingerprint density at radius 2 is 1.70 bits per heavy atom. The first-order chi connectivity index (χ1) is 9.69. The fraction of sp³-hybridized carbons (Fsp3) is 0.333. The van der Waals surface area contributed by atoms with Crippen LogP contribution < -0.4 is 5.73 Å². The summed E-state index contributed by atoms with van der Waals surface area (Å²) >= 11 is 0. The number of aryl methyl sites for hydroxylation is 1. The topological polar surface area (TPSA) is 29.3 Å². The molecule has 0 aromatic heterocycles. The quantitative estimate of drug-likeness (QED) is 0.872. The number of rotatable bonds is 6. The van der Waals surface area contributed by atoms with Crippen molar-refractivity contribution in [3.63, 3.8) is 0 Å². The molecule has 1 unspecified atom stereocenters. The van der Waals surface area contributed by atoms with E-state index in [1.165, 1.54) is 16.7 Å². The predicted molar refractivity (Wildman–Crippen MR) is 85.6 cm³/mol. The smallest absolute Gasteiger partial charge is 0.0259 e. The van der Waals surface area contributed by atoms with Gasteiger partial charge < -0.3 is 5.73 Å². The zero-order valence-electron chi connectivity index (χ0n) is 12.4. The summed E-state index contributed by atoms with van der Waals surface area (Å²) in [6.45, 7) is 3.75. The largest absolute Gasteiger partial charge is 0.329 e. The van der Waals surface area contributed by atoms with Crippen LogP contribution in [-0.4, -0.2) is 24.5 Å². The molecule has 20 heavy (non-hydrogen) atoms. The normalized spacial score (nSPS) is 12.6. The SMILES string of the molecule is Cc1cccc(CN(C)C(CN)Cc2ccccc2)c1. The second kappa shape index (κ2) is 7.22. The molecule has 2 N–H and O–H groups in total. The van der Waals surface area contributed by atoms with Crippen molar-refractivity contribution in [2.24, 2.45) is 5.73 Å². The Kier molecular flexibility index (Phi) is 5.33. The standard InChI is InChI=1S/C18H24N2/c1-15-7-6-10-17(11-15)14-20(2)18(13-19)12-16-8-4-3-5-9-16/h3-11,18H,12-14,19H2,1-2H3. The van der Waals surface area contributed by atoms with Crippen molar-refractivity contribution >= 4 is 0 Å². The molecule has 0 amide bonds. The van der Waals surface area contributed by atoms with Gasteiger partial charge in [0.25, 0.3) is 0 Å². The molecule has 0 saturated heterocycles. The highest BCUT2D eigenvalue weighted by Gasteiger charge is 2.14. The predicted octanol–water partition coefficient (Wildman–Crippen LogP) is 3.00. The third kappa shape index (κ3) is 4.19. The molecule has 2 aromatic carbocycles. The van der Waals surface area contributed by atoms with Gasteiger partial charge in [-0.2, -0.15) is 0 Å². The Morgan fingerprint density at radius 3 is 2.35 bits per heavy atom. The van der Waals surface area contributed by atoms with Crippen LogP contribution in [0.15, 0.2) is 54.6 Å². The van der Waals surface area contributed by atoms with Crippen LogP contribution in [0.3, 0.4) is 0 Å². The number of nitrogens with zero attached hydrogens (tertiary/aromatic N) is 1. The fourth-order valence-corrected chi connectivity index (χ4v) is 2.53. The van der Waals surface area contributed by atoms with Crippen molar-refractivity contribution in [2.75, 3.05) is 13.6 Å². The molecule has 1 atom stereocenters. The molecule has 106 valence electrons. The summed E-state index contributed by atoms with van der Waals surface area (Å²) in [5, 5.41) is 0. The monoisotopic (exact) mass is 268 g/mol. The molecule has 0 aliphatic rings. The number of benzene rings is 2. The van der Waals surface area contributed by atoms with Gasteiger partial charge in [0, 0.05) is 19.1 Å². The lowest BCUT2D eigenvalue weighted by Crippen LogP contribution is -2.39. The molecule has 0 aliphatic heterocycles. The van der Waals surface area contributed by atoms with Gasteiger partial charge in [-0.05, 0) is 31.5 Å². The van der Waals surface area contributed by atoms with Gasteiger partial charge in [-0.3, -0.25) is 4.90 Å². The van der Waals surface area contributed by atoms with Gasteiger partial charge in [-0.15, -0.1) is 0 Å². The summed E-state index contributed by atoms with van der Waals surface area (Å²) in [7, 11) is 2.16. The highest BCUT2D eigenvalue weighted by atomic mass is 15.1. The minimum atomic E-state index is 0.373. The third-order valence-corrected chi connectivity index (χ3v) is 3.72. The summed E-state index contributed by atoms with van der Waals surface area (Å²) < 4.78 is 0. The van der Waals surface area contributed by atoms with Gasteiger partial charge in [0.15, 0.2) is 0 Å². The van der Waals surface area contributed by atoms with Crippen molar-refractivity contribution < 1.29 is 0 Å². The molecule has 2 heteroatoms. The average molecular weight is 268 g/mol. The number of nitrogens with two attached hydrogens (primary N) is 1. The van der Waals surface area contributed by atoms with E-state index in [1.807, 2.05) is 0 Å². The van der Waals surface area contributed by atoms with Crippen LogP contribution in [0.5, 0.6) is 0 Å². The van der Waals surface area contributed by atoms with Crippen molar-refractivity contribution in [3.05, 3.63) is 71.3 Å². The Hall–Kier alpha value is -1.64. The molecule has 2 aromatic rings. The van der Waals surface area contributed by atoms with E-state index in [0.29, 0.717) is 12.6 Å². The first kappa shape index (κ1) is 14.8. The number of hydrogen-bond acceptors (Lipinski definition) is 2. The zero-order valence-corrected chi connectivity index (χ0v) is 12.4. The van der Waals surface area contributed by atoms with Crippen molar-refractivity contribution in [1.82, 2.24) is 4.90 Å². The van der Waals surface area contributed by atoms with Crippen LogP contribution in [0.4, 0.5) is 0 Å². The van der Waals surface area contributed by atoms with Gasteiger partial charge in [0.2, 0.25) is 0 Å². The van der Waals surface area contributed by atoms with E-state index < -0.39 is 0 Å². The first-order valence-electron chi connectivity index (χ1n) is 7.19. The van der Waals surface area contributed by atoms with E-state index in [-0.39, 0.29) is 0 Å². The minimum absolute atomic E-state index is 0.373. The lowest BCUT2D eigenvalue weighted by atomic mass is 10.0. The Balaban J connectivity index is 2.00. The van der Waals surface area contributed by atoms with Crippen LogP contribution in [0, 0.1) is 6.92 Å². The minimum Gasteiger partial charge on any atom is -0.329 e. The Labute approximate surface area is 122 Å². The molecule has 0 fully saturated rings. The fourth-order valence-electron chi connectivity index (χ4n) is 2.53. The van der Waals surface area contributed by atoms with E-state index in [1.54, 1.807) is 0 Å². The highest BCUT2D eigenvalue weighted by molar-refractivity contribution is 5.22. The third-order valence-electron chi connectivity index (χ3n) is 3.72. The van der Waals surface area contributed by atoms with Crippen molar-refractivity contribution in [1.29, 1.82) is 0 Å². The average Bonchev–Trinajstić information content (AvgIpc) is 2.45. The van der Waals surface area contributed by atoms with E-state index >= 15 is 0 Å². The molecular formula is C18H24N2. The second-order valence-corrected chi connectivity index (χ2v) is 5.48. The first-order valence-corrected chi connectivity index (χ1v) is 7.19. The summed E-state index contributed by atoms with van der Waals surface area (Å²) in [4.78, 5) is 2.35. The van der Waals surface area contributed by atoms with Crippen LogP contribution >= 0.6 is 0 Å². The Bertz CT molecular complexity index is 522. The van der Waals surface area contributed by atoms with Crippen LogP contribution in [0.1, 0.15) is 16.7 Å². The Morgan fingerprint density at radius 1 is 1.00 bits per heavy atom. The van der Waals surface area contributed by atoms with Gasteiger partial charge in [-0.25, -0.2) is 0 Å². The molecule has 0 spiro atoms. The molecule has 0 aliphatic carbocycles. The lowest BCUT2D eigenvalue weighted by molar-refractivity contribution is 0.237. The lowest BCUT2D eigenvalue weighted by Gasteiger charge is -2.27. The van der Waals surface area contributed by atoms with Gasteiger partial charge in [-0.1, -0.05) is 60.2 Å². The highest BCUT2D eigenvalue weighted by Crippen LogP contribution is 2.12. The molecule has 2 rings (SSSR count). The molecule has 0 saturated carbocycles. The van der Waals surface area contributed by atoms with Crippen LogP contribution in [-0.2, 0) is 13.0 Å². The molecule has 0 radical (unpaired) electrons. The number of hydrogen-bond donors (Lipinski definition) is 1. The molecule has 0 heterocycles. The maximum atomic E-state index is 5.96. The van der Waals surface area contributed by atoms with Gasteiger partial charge in [0.05, 0.1) is 0 Å². The molecule has 0 bridgehead atoms. The van der Waals surface area contributed by atoms with E-state index in [2.05, 4.69) is 73.5 Å². The van der Waals surface area contributed by atoms with Gasteiger partial charge >= 0.3 is 0 Å². The van der Waals surface area contributed by atoms with Crippen LogP contribution in [0.2, 0.25) is 0 Å². The maximum Gasteiger partial charge on any atom is 0.0259 e.